The molecule has 0 spiro atoms. The molecule has 1 aromatic heterocycles. The van der Waals surface area contributed by atoms with E-state index in [2.05, 4.69) is 36.1 Å². The van der Waals surface area contributed by atoms with Crippen molar-refractivity contribution in [3.63, 3.8) is 0 Å². The summed E-state index contributed by atoms with van der Waals surface area (Å²) in [6.45, 7) is 7.51. The zero-order chi connectivity index (χ0) is 13.2. The van der Waals surface area contributed by atoms with Gasteiger partial charge in [-0.25, -0.2) is 4.98 Å². The van der Waals surface area contributed by atoms with Gasteiger partial charge in [-0.05, 0) is 24.0 Å². The number of hydrogen-bond donors (Lipinski definition) is 2. The van der Waals surface area contributed by atoms with Crippen LogP contribution in [0.15, 0.2) is 24.3 Å². The highest BCUT2D eigenvalue weighted by molar-refractivity contribution is 5.89. The van der Waals surface area contributed by atoms with Crippen molar-refractivity contribution in [2.45, 2.75) is 27.2 Å². The zero-order valence-corrected chi connectivity index (χ0v) is 11.2. The van der Waals surface area contributed by atoms with Crippen molar-refractivity contribution in [1.82, 2.24) is 9.97 Å². The van der Waals surface area contributed by atoms with Crippen LogP contribution in [0.3, 0.4) is 0 Å². The van der Waals surface area contributed by atoms with E-state index in [9.17, 15) is 0 Å². The first-order chi connectivity index (χ1) is 8.52. The Bertz CT molecular complexity index is 548. The molecule has 2 aromatic rings. The summed E-state index contributed by atoms with van der Waals surface area (Å²) in [6, 6.07) is 7.89. The van der Waals surface area contributed by atoms with Crippen LogP contribution in [0.5, 0.6) is 0 Å². The first kappa shape index (κ1) is 12.6. The number of nitrogens with two attached hydrogens (primary N) is 1. The molecule has 0 amide bonds. The molecular weight excluding hydrogens is 224 g/mol. The van der Waals surface area contributed by atoms with Crippen LogP contribution in [-0.4, -0.2) is 16.5 Å². The molecule has 1 heterocycles. The van der Waals surface area contributed by atoms with Crippen molar-refractivity contribution in [3.05, 3.63) is 24.3 Å². The van der Waals surface area contributed by atoms with E-state index in [0.717, 1.165) is 29.7 Å². The van der Waals surface area contributed by atoms with Gasteiger partial charge < -0.3 is 11.1 Å². The molecule has 0 radical (unpaired) electrons. The molecule has 0 saturated carbocycles. The van der Waals surface area contributed by atoms with E-state index in [1.165, 1.54) is 0 Å². The number of para-hydroxylation sites is 1. The van der Waals surface area contributed by atoms with Crippen LogP contribution < -0.4 is 11.1 Å². The first-order valence-corrected chi connectivity index (χ1v) is 6.28. The highest BCUT2D eigenvalue weighted by Crippen LogP contribution is 2.24. The average Bonchev–Trinajstić information content (AvgIpc) is 2.36. The number of nitrogen functional groups attached to an aromatic ring is 1. The largest absolute Gasteiger partial charge is 0.369 e. The van der Waals surface area contributed by atoms with Crippen LogP contribution in [-0.2, 0) is 0 Å². The first-order valence-electron chi connectivity index (χ1n) is 6.28. The Morgan fingerprint density at radius 3 is 2.67 bits per heavy atom. The van der Waals surface area contributed by atoms with Crippen LogP contribution in [0.25, 0.3) is 10.9 Å². The molecule has 0 aliphatic carbocycles. The highest BCUT2D eigenvalue weighted by Gasteiger charge is 2.15. The molecule has 2 rings (SSSR count). The number of benzene rings is 1. The van der Waals surface area contributed by atoms with Gasteiger partial charge in [0.1, 0.15) is 5.82 Å². The third kappa shape index (κ3) is 2.70. The summed E-state index contributed by atoms with van der Waals surface area (Å²) in [7, 11) is 0. The van der Waals surface area contributed by atoms with Gasteiger partial charge in [0.25, 0.3) is 0 Å². The second-order valence-electron chi connectivity index (χ2n) is 5.32. The van der Waals surface area contributed by atoms with Crippen LogP contribution >= 0.6 is 0 Å². The van der Waals surface area contributed by atoms with Crippen molar-refractivity contribution in [1.29, 1.82) is 0 Å². The number of hydrogen-bond acceptors (Lipinski definition) is 4. The maximum atomic E-state index is 5.73. The number of rotatable bonds is 4. The fourth-order valence-corrected chi connectivity index (χ4v) is 1.68. The lowest BCUT2D eigenvalue weighted by Gasteiger charge is -2.23. The van der Waals surface area contributed by atoms with E-state index in [1.807, 2.05) is 24.3 Å². The number of fused-ring (bicyclic) bond motifs is 1. The van der Waals surface area contributed by atoms with Crippen molar-refractivity contribution in [2.75, 3.05) is 17.6 Å². The van der Waals surface area contributed by atoms with E-state index in [-0.39, 0.29) is 5.41 Å². The molecule has 1 aromatic carbocycles. The Morgan fingerprint density at radius 2 is 1.94 bits per heavy atom. The van der Waals surface area contributed by atoms with Gasteiger partial charge in [0.2, 0.25) is 5.95 Å². The Labute approximate surface area is 108 Å². The molecule has 0 fully saturated rings. The maximum Gasteiger partial charge on any atom is 0.222 e. The Hall–Kier alpha value is -1.84. The van der Waals surface area contributed by atoms with E-state index in [4.69, 9.17) is 5.73 Å². The zero-order valence-electron chi connectivity index (χ0n) is 11.2. The minimum Gasteiger partial charge on any atom is -0.369 e. The summed E-state index contributed by atoms with van der Waals surface area (Å²) in [5, 5.41) is 4.40. The second-order valence-corrected chi connectivity index (χ2v) is 5.32. The molecule has 0 aliphatic rings. The van der Waals surface area contributed by atoms with Gasteiger partial charge in [-0.1, -0.05) is 32.9 Å². The molecule has 0 saturated heterocycles. The lowest BCUT2D eigenvalue weighted by molar-refractivity contribution is 0.376. The standard InChI is InChI=1S/C14H20N4/c1-4-14(2,3)9-16-12-10-7-5-6-8-11(10)17-13(15)18-12/h5-8H,4,9H2,1-3H3,(H3,15,16,17,18). The SMILES string of the molecule is CCC(C)(C)CNc1nc(N)nc2ccccc12. The predicted octanol–water partition coefficient (Wildman–Crippen LogP) is 3.06. The van der Waals surface area contributed by atoms with E-state index < -0.39 is 0 Å². The van der Waals surface area contributed by atoms with E-state index >= 15 is 0 Å². The van der Waals surface area contributed by atoms with Crippen molar-refractivity contribution in [2.24, 2.45) is 5.41 Å². The topological polar surface area (TPSA) is 63.8 Å². The number of anilines is 2. The van der Waals surface area contributed by atoms with Crippen molar-refractivity contribution >= 4 is 22.7 Å². The van der Waals surface area contributed by atoms with Crippen molar-refractivity contribution in [3.8, 4) is 0 Å². The lowest BCUT2D eigenvalue weighted by atomic mass is 9.90. The Kier molecular flexibility index (Phi) is 3.36. The molecule has 0 unspecified atom stereocenters. The molecule has 96 valence electrons. The normalized spacial score (nSPS) is 11.7. The highest BCUT2D eigenvalue weighted by atomic mass is 15.1. The molecule has 3 N–H and O–H groups in total. The smallest absolute Gasteiger partial charge is 0.222 e. The van der Waals surface area contributed by atoms with Gasteiger partial charge in [0.05, 0.1) is 5.52 Å². The van der Waals surface area contributed by atoms with Crippen LogP contribution in [0.1, 0.15) is 27.2 Å². The number of aromatic nitrogens is 2. The van der Waals surface area contributed by atoms with Gasteiger partial charge in [-0.3, -0.25) is 0 Å². The fourth-order valence-electron chi connectivity index (χ4n) is 1.68. The molecule has 0 atom stereocenters. The quantitative estimate of drug-likeness (QED) is 0.867. The van der Waals surface area contributed by atoms with E-state index in [0.29, 0.717) is 5.95 Å². The maximum absolute atomic E-state index is 5.73. The molecular formula is C14H20N4. The Morgan fingerprint density at radius 1 is 1.22 bits per heavy atom. The minimum atomic E-state index is 0.237. The van der Waals surface area contributed by atoms with Crippen LogP contribution in [0.2, 0.25) is 0 Å². The third-order valence-corrected chi connectivity index (χ3v) is 3.31. The monoisotopic (exact) mass is 244 g/mol. The van der Waals surface area contributed by atoms with Crippen LogP contribution in [0, 0.1) is 5.41 Å². The molecule has 4 heteroatoms. The predicted molar refractivity (Wildman–Crippen MR) is 76.5 cm³/mol. The van der Waals surface area contributed by atoms with Gasteiger partial charge >= 0.3 is 0 Å². The second kappa shape index (κ2) is 4.80. The summed E-state index contributed by atoms with van der Waals surface area (Å²) in [5.74, 6) is 1.13. The third-order valence-electron chi connectivity index (χ3n) is 3.31. The van der Waals surface area contributed by atoms with Crippen LogP contribution in [0.4, 0.5) is 11.8 Å². The molecule has 4 nitrogen and oxygen atoms in total. The summed E-state index contributed by atoms with van der Waals surface area (Å²) >= 11 is 0. The summed E-state index contributed by atoms with van der Waals surface area (Å²) in [6.07, 6.45) is 1.11. The van der Waals surface area contributed by atoms with Gasteiger partial charge in [-0.2, -0.15) is 4.98 Å². The summed E-state index contributed by atoms with van der Waals surface area (Å²) in [4.78, 5) is 8.52. The molecule has 0 aliphatic heterocycles. The summed E-state index contributed by atoms with van der Waals surface area (Å²) in [5.41, 5.74) is 6.85. The fraction of sp³-hybridized carbons (Fsp3) is 0.429. The molecule has 18 heavy (non-hydrogen) atoms. The van der Waals surface area contributed by atoms with Gasteiger partial charge in [0.15, 0.2) is 0 Å². The van der Waals surface area contributed by atoms with Gasteiger partial charge in [0, 0.05) is 11.9 Å². The van der Waals surface area contributed by atoms with Crippen molar-refractivity contribution < 1.29 is 0 Å². The number of nitrogens with zero attached hydrogens (tertiary/aromatic N) is 2. The van der Waals surface area contributed by atoms with E-state index in [1.54, 1.807) is 0 Å². The lowest BCUT2D eigenvalue weighted by Crippen LogP contribution is -2.22. The average molecular weight is 244 g/mol. The minimum absolute atomic E-state index is 0.237. The molecule has 0 bridgehead atoms. The van der Waals surface area contributed by atoms with Gasteiger partial charge in [-0.15, -0.1) is 0 Å². The number of nitrogens with one attached hydrogen (secondary N) is 1. The Balaban J connectivity index is 2.33. The summed E-state index contributed by atoms with van der Waals surface area (Å²) < 4.78 is 0.